The Kier molecular flexibility index (Phi) is 4.56. The zero-order valence-corrected chi connectivity index (χ0v) is 8.82. The second-order valence-corrected chi connectivity index (χ2v) is 3.13. The van der Waals surface area contributed by atoms with E-state index in [0.717, 1.165) is 0 Å². The summed E-state index contributed by atoms with van der Waals surface area (Å²) in [5, 5.41) is 11.0. The Bertz CT molecular complexity index is 397. The standard InChI is InChI=1S/C9H9ClN2O4/c10-6-3-1-2-4-7(6)11-9(15)12-16-5-8(13)14/h1-4H,5H2,(H,13,14)(H2,11,12,15). The van der Waals surface area contributed by atoms with Crippen LogP contribution < -0.4 is 10.8 Å². The molecule has 0 bridgehead atoms. The van der Waals surface area contributed by atoms with Crippen LogP contribution in [0.15, 0.2) is 24.3 Å². The number of carboxylic acid groups (broad SMARTS) is 1. The summed E-state index contributed by atoms with van der Waals surface area (Å²) in [6.45, 7) is -0.615. The van der Waals surface area contributed by atoms with Crippen LogP contribution in [0.25, 0.3) is 0 Å². The average molecular weight is 245 g/mol. The molecule has 0 aliphatic carbocycles. The molecule has 7 heteroatoms. The number of carbonyl (C=O) groups excluding carboxylic acids is 1. The molecule has 0 aliphatic heterocycles. The lowest BCUT2D eigenvalue weighted by atomic mass is 10.3. The van der Waals surface area contributed by atoms with E-state index in [4.69, 9.17) is 16.7 Å². The van der Waals surface area contributed by atoms with Crippen LogP contribution in [0.5, 0.6) is 0 Å². The molecule has 0 heterocycles. The van der Waals surface area contributed by atoms with Gasteiger partial charge in [0.05, 0.1) is 10.7 Å². The van der Waals surface area contributed by atoms with E-state index < -0.39 is 18.6 Å². The molecular formula is C9H9ClN2O4. The molecule has 1 aromatic rings. The van der Waals surface area contributed by atoms with E-state index in [9.17, 15) is 9.59 Å². The Hall–Kier alpha value is -1.79. The lowest BCUT2D eigenvalue weighted by molar-refractivity contribution is -0.143. The number of anilines is 1. The summed E-state index contributed by atoms with van der Waals surface area (Å²) >= 11 is 5.78. The smallest absolute Gasteiger partial charge is 0.343 e. The van der Waals surface area contributed by atoms with E-state index in [0.29, 0.717) is 10.7 Å². The van der Waals surface area contributed by atoms with E-state index in [1.807, 2.05) is 5.48 Å². The minimum atomic E-state index is -1.18. The second-order valence-electron chi connectivity index (χ2n) is 2.72. The van der Waals surface area contributed by atoms with Gasteiger partial charge < -0.3 is 10.4 Å². The molecule has 2 amide bonds. The number of hydroxylamine groups is 1. The van der Waals surface area contributed by atoms with Gasteiger partial charge in [0.2, 0.25) is 0 Å². The second kappa shape index (κ2) is 5.94. The van der Waals surface area contributed by atoms with Crippen LogP contribution >= 0.6 is 11.6 Å². The molecule has 0 saturated carbocycles. The van der Waals surface area contributed by atoms with Crippen molar-refractivity contribution in [3.8, 4) is 0 Å². The Morgan fingerprint density at radius 1 is 1.38 bits per heavy atom. The number of rotatable bonds is 4. The number of aliphatic carboxylic acids is 1. The molecule has 0 aromatic heterocycles. The van der Waals surface area contributed by atoms with Crippen LogP contribution in [0, 0.1) is 0 Å². The Morgan fingerprint density at radius 2 is 2.06 bits per heavy atom. The first-order valence-electron chi connectivity index (χ1n) is 4.24. The maximum Gasteiger partial charge on any atom is 0.343 e. The van der Waals surface area contributed by atoms with Crippen molar-refractivity contribution in [2.45, 2.75) is 0 Å². The van der Waals surface area contributed by atoms with Crippen molar-refractivity contribution in [1.29, 1.82) is 0 Å². The topological polar surface area (TPSA) is 87.7 Å². The van der Waals surface area contributed by atoms with Gasteiger partial charge in [-0.25, -0.2) is 15.1 Å². The molecule has 3 N–H and O–H groups in total. The monoisotopic (exact) mass is 244 g/mol. The van der Waals surface area contributed by atoms with E-state index >= 15 is 0 Å². The van der Waals surface area contributed by atoms with E-state index in [1.165, 1.54) is 0 Å². The summed E-state index contributed by atoms with van der Waals surface area (Å²) in [6, 6.07) is 5.91. The lowest BCUT2D eigenvalue weighted by Gasteiger charge is -2.07. The van der Waals surface area contributed by atoms with Gasteiger partial charge in [-0.1, -0.05) is 23.7 Å². The summed E-state index contributed by atoms with van der Waals surface area (Å²) < 4.78 is 0. The first kappa shape index (κ1) is 12.3. The number of carbonyl (C=O) groups is 2. The van der Waals surface area contributed by atoms with Gasteiger partial charge in [-0.15, -0.1) is 0 Å². The van der Waals surface area contributed by atoms with Crippen LogP contribution in [0.1, 0.15) is 0 Å². The predicted octanol–water partition coefficient (Wildman–Crippen LogP) is 1.48. The van der Waals surface area contributed by atoms with Crippen molar-refractivity contribution in [2.24, 2.45) is 0 Å². The normalized spacial score (nSPS) is 9.56. The van der Waals surface area contributed by atoms with Gasteiger partial charge in [0.1, 0.15) is 0 Å². The Balaban J connectivity index is 2.40. The minimum Gasteiger partial charge on any atom is -0.479 e. The third-order valence-electron chi connectivity index (χ3n) is 1.48. The minimum absolute atomic E-state index is 0.371. The molecule has 0 fully saturated rings. The van der Waals surface area contributed by atoms with Crippen LogP contribution in [0.2, 0.25) is 5.02 Å². The van der Waals surface area contributed by atoms with Gasteiger partial charge in [0, 0.05) is 0 Å². The molecule has 6 nitrogen and oxygen atoms in total. The largest absolute Gasteiger partial charge is 0.479 e. The summed E-state index contributed by atoms with van der Waals surface area (Å²) in [5.74, 6) is -1.18. The van der Waals surface area contributed by atoms with Crippen LogP contribution in [0.3, 0.4) is 0 Å². The van der Waals surface area contributed by atoms with E-state index in [-0.39, 0.29) is 0 Å². The highest BCUT2D eigenvalue weighted by Crippen LogP contribution is 2.19. The molecule has 0 radical (unpaired) electrons. The van der Waals surface area contributed by atoms with Gasteiger partial charge in [-0.2, -0.15) is 0 Å². The maximum atomic E-state index is 11.1. The summed E-state index contributed by atoms with van der Waals surface area (Å²) in [5.41, 5.74) is 2.30. The number of halogens is 1. The molecule has 86 valence electrons. The number of amides is 2. The lowest BCUT2D eigenvalue weighted by Crippen LogP contribution is -2.30. The quantitative estimate of drug-likeness (QED) is 0.700. The van der Waals surface area contributed by atoms with Gasteiger partial charge in [-0.3, -0.25) is 4.84 Å². The van der Waals surface area contributed by atoms with E-state index in [2.05, 4.69) is 10.2 Å². The summed E-state index contributed by atoms with van der Waals surface area (Å²) in [7, 11) is 0. The Labute approximate surface area is 96.1 Å². The number of benzene rings is 1. The van der Waals surface area contributed by atoms with Crippen LogP contribution in [0.4, 0.5) is 10.5 Å². The third-order valence-corrected chi connectivity index (χ3v) is 1.81. The molecule has 0 atom stereocenters. The SMILES string of the molecule is O=C(O)CONC(=O)Nc1ccccc1Cl. The maximum absolute atomic E-state index is 11.1. The van der Waals surface area contributed by atoms with Crippen molar-refractivity contribution in [2.75, 3.05) is 11.9 Å². The first-order valence-corrected chi connectivity index (χ1v) is 4.62. The molecule has 0 aliphatic rings. The number of para-hydroxylation sites is 1. The van der Waals surface area contributed by atoms with Gasteiger partial charge in [0.25, 0.3) is 0 Å². The van der Waals surface area contributed by atoms with Crippen LogP contribution in [-0.4, -0.2) is 23.7 Å². The van der Waals surface area contributed by atoms with Crippen molar-refractivity contribution >= 4 is 29.3 Å². The molecule has 0 saturated heterocycles. The summed E-state index contributed by atoms with van der Waals surface area (Å²) in [6.07, 6.45) is 0. The third kappa shape index (κ3) is 4.16. The Morgan fingerprint density at radius 3 is 2.69 bits per heavy atom. The van der Waals surface area contributed by atoms with Crippen molar-refractivity contribution < 1.29 is 19.5 Å². The fourth-order valence-electron chi connectivity index (χ4n) is 0.874. The van der Waals surface area contributed by atoms with Crippen molar-refractivity contribution in [3.05, 3.63) is 29.3 Å². The highest BCUT2D eigenvalue weighted by atomic mass is 35.5. The molecule has 16 heavy (non-hydrogen) atoms. The molecule has 0 unspecified atom stereocenters. The van der Waals surface area contributed by atoms with Gasteiger partial charge in [0.15, 0.2) is 6.61 Å². The molecular weight excluding hydrogens is 236 g/mol. The molecule has 1 aromatic carbocycles. The molecule has 1 rings (SSSR count). The fraction of sp³-hybridized carbons (Fsp3) is 0.111. The van der Waals surface area contributed by atoms with Crippen molar-refractivity contribution in [1.82, 2.24) is 5.48 Å². The zero-order chi connectivity index (χ0) is 12.0. The number of hydrogen-bond acceptors (Lipinski definition) is 3. The van der Waals surface area contributed by atoms with E-state index in [1.54, 1.807) is 24.3 Å². The zero-order valence-electron chi connectivity index (χ0n) is 8.07. The van der Waals surface area contributed by atoms with Crippen LogP contribution in [-0.2, 0) is 9.63 Å². The number of carboxylic acids is 1. The first-order chi connectivity index (χ1) is 7.59. The van der Waals surface area contributed by atoms with Gasteiger partial charge >= 0.3 is 12.0 Å². The predicted molar refractivity (Wildman–Crippen MR) is 57.2 cm³/mol. The average Bonchev–Trinajstić information content (AvgIpc) is 2.21. The number of hydrogen-bond donors (Lipinski definition) is 3. The number of urea groups is 1. The number of nitrogens with one attached hydrogen (secondary N) is 2. The molecule has 0 spiro atoms. The van der Waals surface area contributed by atoms with Gasteiger partial charge in [-0.05, 0) is 12.1 Å². The highest BCUT2D eigenvalue weighted by molar-refractivity contribution is 6.33. The fourth-order valence-corrected chi connectivity index (χ4v) is 1.06. The summed E-state index contributed by atoms with van der Waals surface area (Å²) in [4.78, 5) is 25.6. The highest BCUT2D eigenvalue weighted by Gasteiger charge is 2.05. The van der Waals surface area contributed by atoms with Crippen molar-refractivity contribution in [3.63, 3.8) is 0 Å².